The van der Waals surface area contributed by atoms with Gasteiger partial charge >= 0.3 is 35.5 Å². The molecule has 0 aliphatic heterocycles. The van der Waals surface area contributed by atoms with Crippen molar-refractivity contribution in [2.45, 2.75) is 26.4 Å². The Morgan fingerprint density at radius 3 is 2.50 bits per heavy atom. The first kappa shape index (κ1) is 12.6. The van der Waals surface area contributed by atoms with Crippen molar-refractivity contribution in [2.24, 2.45) is 0 Å². The zero-order valence-corrected chi connectivity index (χ0v) is 5.55. The third-order valence-corrected chi connectivity index (χ3v) is 0.591. The molecule has 0 saturated heterocycles. The van der Waals surface area contributed by atoms with Crippen molar-refractivity contribution in [3.8, 4) is 6.07 Å². The van der Waals surface area contributed by atoms with E-state index in [1.807, 2.05) is 0 Å². The van der Waals surface area contributed by atoms with Crippen molar-refractivity contribution >= 4 is 35.5 Å². The van der Waals surface area contributed by atoms with Crippen LogP contribution in [0.2, 0.25) is 0 Å². The standard InChI is InChI=1S/C6H9NO2.Na.H/c1-5(2)9-6(8)3-4-7;;/h5H,3H2,1-2H3;;. The Labute approximate surface area is 82.6 Å². The molecule has 52 valence electrons. The maximum absolute atomic E-state index is 10.4. The second-order valence-electron chi connectivity index (χ2n) is 1.87. The van der Waals surface area contributed by atoms with E-state index in [4.69, 9.17) is 5.26 Å². The Bertz CT molecular complexity index is 139. The van der Waals surface area contributed by atoms with Gasteiger partial charge < -0.3 is 4.74 Å². The van der Waals surface area contributed by atoms with Crippen LogP contribution in [0.1, 0.15) is 20.3 Å². The molecule has 0 saturated carbocycles. The Morgan fingerprint density at radius 1 is 1.70 bits per heavy atom. The van der Waals surface area contributed by atoms with Gasteiger partial charge in [-0.05, 0) is 13.8 Å². The summed E-state index contributed by atoms with van der Waals surface area (Å²) in [5.74, 6) is -0.451. The molecule has 0 rings (SSSR count). The second kappa shape index (κ2) is 7.07. The van der Waals surface area contributed by atoms with Crippen molar-refractivity contribution in [3.05, 3.63) is 0 Å². The minimum atomic E-state index is -0.451. The normalized spacial score (nSPS) is 7.80. The van der Waals surface area contributed by atoms with Gasteiger partial charge in [-0.2, -0.15) is 5.26 Å². The van der Waals surface area contributed by atoms with Gasteiger partial charge in [-0.1, -0.05) is 0 Å². The molecule has 4 heteroatoms. The van der Waals surface area contributed by atoms with Crippen molar-refractivity contribution in [3.63, 3.8) is 0 Å². The van der Waals surface area contributed by atoms with E-state index in [2.05, 4.69) is 4.74 Å². The van der Waals surface area contributed by atoms with E-state index in [-0.39, 0.29) is 42.1 Å². The summed E-state index contributed by atoms with van der Waals surface area (Å²) < 4.78 is 4.63. The predicted molar refractivity (Wildman–Crippen MR) is 38.6 cm³/mol. The summed E-state index contributed by atoms with van der Waals surface area (Å²) >= 11 is 0. The first-order chi connectivity index (χ1) is 4.16. The molecule has 10 heavy (non-hydrogen) atoms. The number of nitrogens with zero attached hydrogens (tertiary/aromatic N) is 1. The number of hydrogen-bond donors (Lipinski definition) is 0. The molecule has 0 aromatic heterocycles. The molecule has 0 aliphatic rings. The van der Waals surface area contributed by atoms with E-state index >= 15 is 0 Å². The van der Waals surface area contributed by atoms with Gasteiger partial charge in [0.1, 0.15) is 6.42 Å². The molecule has 0 radical (unpaired) electrons. The Hall–Kier alpha value is -0.0400. The van der Waals surface area contributed by atoms with Crippen LogP contribution in [0.25, 0.3) is 0 Å². The number of hydrogen-bond acceptors (Lipinski definition) is 3. The summed E-state index contributed by atoms with van der Waals surface area (Å²) in [7, 11) is 0. The van der Waals surface area contributed by atoms with Crippen LogP contribution >= 0.6 is 0 Å². The van der Waals surface area contributed by atoms with Gasteiger partial charge in [0.15, 0.2) is 0 Å². The number of carbonyl (C=O) groups excluding carboxylic acids is 1. The van der Waals surface area contributed by atoms with Gasteiger partial charge in [0.2, 0.25) is 0 Å². The quantitative estimate of drug-likeness (QED) is 0.418. The first-order valence-electron chi connectivity index (χ1n) is 2.73. The van der Waals surface area contributed by atoms with Gasteiger partial charge in [-0.3, -0.25) is 4.79 Å². The molecule has 0 N–H and O–H groups in total. The van der Waals surface area contributed by atoms with Gasteiger partial charge in [0, 0.05) is 0 Å². The molecule has 0 heterocycles. The summed E-state index contributed by atoms with van der Waals surface area (Å²) in [4.78, 5) is 10.4. The summed E-state index contributed by atoms with van der Waals surface area (Å²) in [5.41, 5.74) is 0. The van der Waals surface area contributed by atoms with E-state index in [1.165, 1.54) is 0 Å². The zero-order valence-electron chi connectivity index (χ0n) is 5.55. The fourth-order valence-corrected chi connectivity index (χ4v) is 0.369. The predicted octanol–water partition coefficient (Wildman–Crippen LogP) is 0.203. The molecule has 0 aliphatic carbocycles. The first-order valence-corrected chi connectivity index (χ1v) is 2.73. The third-order valence-electron chi connectivity index (χ3n) is 0.591. The number of nitriles is 1. The van der Waals surface area contributed by atoms with Crippen LogP contribution in [0.4, 0.5) is 0 Å². The summed E-state index contributed by atoms with van der Waals surface area (Å²) in [5, 5.41) is 8.00. The molecular formula is C6H10NNaO2. The average molecular weight is 151 g/mol. The van der Waals surface area contributed by atoms with Crippen LogP contribution in [0.5, 0.6) is 0 Å². The van der Waals surface area contributed by atoms with Gasteiger partial charge in [-0.25, -0.2) is 0 Å². The summed E-state index contributed by atoms with van der Waals surface area (Å²) in [6.07, 6.45) is -0.274. The minimum absolute atomic E-state index is 0. The second-order valence-corrected chi connectivity index (χ2v) is 1.87. The van der Waals surface area contributed by atoms with Crippen LogP contribution < -0.4 is 0 Å². The molecule has 0 spiro atoms. The topological polar surface area (TPSA) is 50.1 Å². The Balaban J connectivity index is 0. The molecule has 0 bridgehead atoms. The van der Waals surface area contributed by atoms with Crippen molar-refractivity contribution < 1.29 is 9.53 Å². The Kier molecular flexibility index (Phi) is 8.92. The fourth-order valence-electron chi connectivity index (χ4n) is 0.369. The number of carbonyl (C=O) groups is 1. The van der Waals surface area contributed by atoms with Crippen LogP contribution in [-0.4, -0.2) is 41.6 Å². The third kappa shape index (κ3) is 7.96. The molecule has 0 fully saturated rings. The fraction of sp³-hybridized carbons (Fsp3) is 0.667. The molecule has 0 unspecified atom stereocenters. The average Bonchev–Trinajstić information content (AvgIpc) is 1.63. The number of rotatable bonds is 2. The monoisotopic (exact) mass is 151 g/mol. The van der Waals surface area contributed by atoms with Crippen LogP contribution in [0, 0.1) is 11.3 Å². The van der Waals surface area contributed by atoms with Crippen LogP contribution in [0.15, 0.2) is 0 Å². The zero-order chi connectivity index (χ0) is 7.28. The van der Waals surface area contributed by atoms with Crippen molar-refractivity contribution in [2.75, 3.05) is 0 Å². The maximum atomic E-state index is 10.4. The van der Waals surface area contributed by atoms with Crippen molar-refractivity contribution in [1.82, 2.24) is 0 Å². The molecule has 0 amide bonds. The molecule has 0 atom stereocenters. The molecular weight excluding hydrogens is 141 g/mol. The van der Waals surface area contributed by atoms with Gasteiger partial charge in [0.25, 0.3) is 0 Å². The molecule has 3 nitrogen and oxygen atoms in total. The van der Waals surface area contributed by atoms with E-state index in [9.17, 15) is 4.79 Å². The van der Waals surface area contributed by atoms with Crippen LogP contribution in [0.3, 0.4) is 0 Å². The van der Waals surface area contributed by atoms with E-state index in [1.54, 1.807) is 19.9 Å². The SMILES string of the molecule is CC(C)OC(=O)CC#N.[NaH]. The number of esters is 1. The summed E-state index contributed by atoms with van der Waals surface area (Å²) in [6.45, 7) is 3.49. The molecule has 0 aromatic rings. The summed E-state index contributed by atoms with van der Waals surface area (Å²) in [6, 6.07) is 1.70. The van der Waals surface area contributed by atoms with Gasteiger partial charge in [0.05, 0.1) is 12.2 Å². The van der Waals surface area contributed by atoms with E-state index in [0.717, 1.165) is 0 Å². The van der Waals surface area contributed by atoms with Crippen molar-refractivity contribution in [1.29, 1.82) is 5.26 Å². The van der Waals surface area contributed by atoms with E-state index < -0.39 is 5.97 Å². The number of ether oxygens (including phenoxy) is 1. The molecule has 0 aromatic carbocycles. The Morgan fingerprint density at radius 2 is 2.20 bits per heavy atom. The van der Waals surface area contributed by atoms with E-state index in [0.29, 0.717) is 0 Å². The van der Waals surface area contributed by atoms with Crippen LogP contribution in [-0.2, 0) is 9.53 Å². The van der Waals surface area contributed by atoms with Gasteiger partial charge in [-0.15, -0.1) is 0 Å².